The Labute approximate surface area is 144 Å². The van der Waals surface area contributed by atoms with E-state index in [0.717, 1.165) is 17.3 Å². The van der Waals surface area contributed by atoms with E-state index in [0.29, 0.717) is 23.7 Å². The van der Waals surface area contributed by atoms with Gasteiger partial charge in [0, 0.05) is 4.47 Å². The van der Waals surface area contributed by atoms with Crippen LogP contribution in [-0.2, 0) is 6.42 Å². The average molecular weight is 380 g/mol. The van der Waals surface area contributed by atoms with E-state index in [1.165, 1.54) is 5.56 Å². The van der Waals surface area contributed by atoms with Crippen LogP contribution in [-0.4, -0.2) is 18.7 Å². The number of thiocarbonyl (C=S) groups is 1. The Morgan fingerprint density at radius 1 is 1.23 bits per heavy atom. The van der Waals surface area contributed by atoms with Crippen molar-refractivity contribution in [3.8, 4) is 11.5 Å². The Kier molecular flexibility index (Phi) is 6.21. The summed E-state index contributed by atoms with van der Waals surface area (Å²) in [4.78, 5) is 0.289. The van der Waals surface area contributed by atoms with Crippen molar-refractivity contribution in [2.75, 3.05) is 13.7 Å². The molecule has 0 saturated heterocycles. The van der Waals surface area contributed by atoms with Gasteiger partial charge in [-0.2, -0.15) is 0 Å². The highest BCUT2D eigenvalue weighted by molar-refractivity contribution is 9.10. The van der Waals surface area contributed by atoms with Crippen molar-refractivity contribution in [3.05, 3.63) is 58.1 Å². The molecular formula is C17H18BrNO2S. The minimum atomic E-state index is 0.289. The van der Waals surface area contributed by atoms with Gasteiger partial charge in [0.25, 0.3) is 0 Å². The highest BCUT2D eigenvalue weighted by Gasteiger charge is 2.14. The third kappa shape index (κ3) is 4.45. The number of halogens is 1. The lowest BCUT2D eigenvalue weighted by Crippen LogP contribution is -2.13. The summed E-state index contributed by atoms with van der Waals surface area (Å²) in [6.45, 7) is 0.572. The SMILES string of the molecule is COc1cc(Br)cc(C(N)=S)c1OCCCc1ccccc1. The van der Waals surface area contributed by atoms with E-state index in [9.17, 15) is 0 Å². The summed E-state index contributed by atoms with van der Waals surface area (Å²) in [7, 11) is 1.60. The largest absolute Gasteiger partial charge is 0.493 e. The molecule has 0 saturated carbocycles. The quantitative estimate of drug-likeness (QED) is 0.580. The molecule has 0 heterocycles. The van der Waals surface area contributed by atoms with Crippen molar-refractivity contribution in [1.29, 1.82) is 0 Å². The number of ether oxygens (including phenoxy) is 2. The molecule has 0 fully saturated rings. The minimum Gasteiger partial charge on any atom is -0.493 e. The van der Waals surface area contributed by atoms with Crippen molar-refractivity contribution in [2.24, 2.45) is 5.73 Å². The molecule has 116 valence electrons. The van der Waals surface area contributed by atoms with Gasteiger partial charge in [0.15, 0.2) is 11.5 Å². The third-order valence-corrected chi connectivity index (χ3v) is 3.88. The van der Waals surface area contributed by atoms with Gasteiger partial charge >= 0.3 is 0 Å². The van der Waals surface area contributed by atoms with Crippen LogP contribution < -0.4 is 15.2 Å². The van der Waals surface area contributed by atoms with Gasteiger partial charge in [-0.1, -0.05) is 58.5 Å². The molecule has 2 aromatic carbocycles. The topological polar surface area (TPSA) is 44.5 Å². The third-order valence-electron chi connectivity index (χ3n) is 3.20. The van der Waals surface area contributed by atoms with Crippen molar-refractivity contribution in [1.82, 2.24) is 0 Å². The maximum Gasteiger partial charge on any atom is 0.171 e. The summed E-state index contributed by atoms with van der Waals surface area (Å²) < 4.78 is 12.1. The first-order chi connectivity index (χ1) is 10.6. The van der Waals surface area contributed by atoms with Gasteiger partial charge in [-0.25, -0.2) is 0 Å². The molecule has 0 unspecified atom stereocenters. The maximum absolute atomic E-state index is 5.88. The van der Waals surface area contributed by atoms with Crippen molar-refractivity contribution < 1.29 is 9.47 Å². The zero-order valence-electron chi connectivity index (χ0n) is 12.3. The molecule has 0 bridgehead atoms. The molecule has 5 heteroatoms. The van der Waals surface area contributed by atoms with E-state index < -0.39 is 0 Å². The standard InChI is InChI=1S/C17H18BrNO2S/c1-20-15-11-13(18)10-14(17(19)22)16(15)21-9-5-8-12-6-3-2-4-7-12/h2-4,6-7,10-11H,5,8-9H2,1H3,(H2,19,22). The van der Waals surface area contributed by atoms with Crippen LogP contribution in [0.5, 0.6) is 11.5 Å². The summed E-state index contributed by atoms with van der Waals surface area (Å²) in [5, 5.41) is 0. The summed E-state index contributed by atoms with van der Waals surface area (Å²) in [6, 6.07) is 14.0. The zero-order chi connectivity index (χ0) is 15.9. The van der Waals surface area contributed by atoms with Crippen LogP contribution in [0.3, 0.4) is 0 Å². The lowest BCUT2D eigenvalue weighted by Gasteiger charge is -2.15. The molecule has 0 atom stereocenters. The van der Waals surface area contributed by atoms with Gasteiger partial charge < -0.3 is 15.2 Å². The smallest absolute Gasteiger partial charge is 0.171 e. The maximum atomic E-state index is 5.88. The Balaban J connectivity index is 2.04. The molecule has 0 aliphatic heterocycles. The normalized spacial score (nSPS) is 10.3. The first-order valence-electron chi connectivity index (χ1n) is 6.96. The minimum absolute atomic E-state index is 0.289. The predicted molar refractivity (Wildman–Crippen MR) is 96.8 cm³/mol. The zero-order valence-corrected chi connectivity index (χ0v) is 14.7. The second-order valence-electron chi connectivity index (χ2n) is 4.79. The Morgan fingerprint density at radius 3 is 2.59 bits per heavy atom. The molecule has 0 amide bonds. The van der Waals surface area contributed by atoms with Crippen molar-refractivity contribution in [2.45, 2.75) is 12.8 Å². The van der Waals surface area contributed by atoms with E-state index in [4.69, 9.17) is 27.4 Å². The molecule has 0 aliphatic carbocycles. The number of aryl methyl sites for hydroxylation is 1. The van der Waals surface area contributed by atoms with E-state index in [2.05, 4.69) is 28.1 Å². The summed E-state index contributed by atoms with van der Waals surface area (Å²) in [5.41, 5.74) is 7.75. The summed E-state index contributed by atoms with van der Waals surface area (Å²) >= 11 is 8.51. The molecule has 0 radical (unpaired) electrons. The van der Waals surface area contributed by atoms with Crippen LogP contribution in [0.1, 0.15) is 17.5 Å². The van der Waals surface area contributed by atoms with Crippen molar-refractivity contribution in [3.63, 3.8) is 0 Å². The highest BCUT2D eigenvalue weighted by Crippen LogP contribution is 2.35. The van der Waals surface area contributed by atoms with Gasteiger partial charge in [0.2, 0.25) is 0 Å². The number of hydrogen-bond donors (Lipinski definition) is 1. The fourth-order valence-corrected chi connectivity index (χ4v) is 2.74. The second kappa shape index (κ2) is 8.15. The highest BCUT2D eigenvalue weighted by atomic mass is 79.9. The molecule has 2 rings (SSSR count). The second-order valence-corrected chi connectivity index (χ2v) is 6.14. The summed E-state index contributed by atoms with van der Waals surface area (Å²) in [6.07, 6.45) is 1.86. The monoisotopic (exact) mass is 379 g/mol. The van der Waals surface area contributed by atoms with Gasteiger partial charge in [-0.05, 0) is 30.5 Å². The van der Waals surface area contributed by atoms with Crippen LogP contribution in [0.25, 0.3) is 0 Å². The number of nitrogens with two attached hydrogens (primary N) is 1. The van der Waals surface area contributed by atoms with E-state index in [-0.39, 0.29) is 4.99 Å². The molecule has 0 aromatic heterocycles. The lowest BCUT2D eigenvalue weighted by atomic mass is 10.1. The number of benzene rings is 2. The van der Waals surface area contributed by atoms with E-state index >= 15 is 0 Å². The van der Waals surface area contributed by atoms with Gasteiger partial charge in [0.1, 0.15) is 4.99 Å². The van der Waals surface area contributed by atoms with Gasteiger partial charge in [-0.15, -0.1) is 0 Å². The van der Waals surface area contributed by atoms with E-state index in [1.54, 1.807) is 7.11 Å². The van der Waals surface area contributed by atoms with Crippen LogP contribution in [0, 0.1) is 0 Å². The first-order valence-corrected chi connectivity index (χ1v) is 8.16. The van der Waals surface area contributed by atoms with Gasteiger partial charge in [-0.3, -0.25) is 0 Å². The molecule has 3 nitrogen and oxygen atoms in total. The molecule has 0 aliphatic rings. The van der Waals surface area contributed by atoms with Crippen molar-refractivity contribution >= 4 is 33.1 Å². The molecule has 0 spiro atoms. The Bertz CT molecular complexity index is 647. The molecule has 2 N–H and O–H groups in total. The summed E-state index contributed by atoms with van der Waals surface area (Å²) in [5.74, 6) is 1.23. The molecule has 2 aromatic rings. The van der Waals surface area contributed by atoms with Gasteiger partial charge in [0.05, 0.1) is 19.3 Å². The average Bonchev–Trinajstić information content (AvgIpc) is 2.52. The van der Waals surface area contributed by atoms with Crippen LogP contribution in [0.2, 0.25) is 0 Å². The lowest BCUT2D eigenvalue weighted by molar-refractivity contribution is 0.289. The fourth-order valence-electron chi connectivity index (χ4n) is 2.15. The van der Waals surface area contributed by atoms with Crippen LogP contribution in [0.15, 0.2) is 46.9 Å². The van der Waals surface area contributed by atoms with E-state index in [1.807, 2.05) is 30.3 Å². The predicted octanol–water partition coefficient (Wildman–Crippen LogP) is 4.10. The fraction of sp³-hybridized carbons (Fsp3) is 0.235. The number of methoxy groups -OCH3 is 1. The Hall–Kier alpha value is -1.59. The molecular weight excluding hydrogens is 362 g/mol. The molecule has 22 heavy (non-hydrogen) atoms. The van der Waals surface area contributed by atoms with Crippen LogP contribution >= 0.6 is 28.1 Å². The number of rotatable bonds is 7. The first kappa shape index (κ1) is 16.8. The van der Waals surface area contributed by atoms with Crippen LogP contribution in [0.4, 0.5) is 0 Å². The Morgan fingerprint density at radius 2 is 1.95 bits per heavy atom. The number of hydrogen-bond acceptors (Lipinski definition) is 3.